The van der Waals surface area contributed by atoms with Crippen molar-refractivity contribution in [1.82, 2.24) is 10.2 Å². The van der Waals surface area contributed by atoms with Crippen LogP contribution in [0, 0.1) is 0 Å². The molecule has 0 saturated heterocycles. The Kier molecular flexibility index (Phi) is 5.98. The highest BCUT2D eigenvalue weighted by atomic mass is 32.2. The van der Waals surface area contributed by atoms with Gasteiger partial charge in [0.2, 0.25) is 0 Å². The molecule has 0 aromatic carbocycles. The number of amides is 2. The van der Waals surface area contributed by atoms with Crippen LogP contribution >= 0.6 is 11.8 Å². The van der Waals surface area contributed by atoms with E-state index in [0.717, 1.165) is 6.42 Å². The van der Waals surface area contributed by atoms with E-state index < -0.39 is 0 Å². The van der Waals surface area contributed by atoms with Crippen molar-refractivity contribution in [3.05, 3.63) is 0 Å². The average molecular weight is 246 g/mol. The van der Waals surface area contributed by atoms with E-state index in [4.69, 9.17) is 4.74 Å². The van der Waals surface area contributed by atoms with Crippen LogP contribution in [0.2, 0.25) is 0 Å². The number of thioether (sulfide) groups is 1. The van der Waals surface area contributed by atoms with Crippen molar-refractivity contribution in [3.8, 4) is 0 Å². The highest BCUT2D eigenvalue weighted by molar-refractivity contribution is 7.99. The molecule has 5 heteroatoms. The second kappa shape index (κ2) is 7.01. The van der Waals surface area contributed by atoms with Gasteiger partial charge in [0, 0.05) is 32.0 Å². The summed E-state index contributed by atoms with van der Waals surface area (Å²) in [5, 5.41) is 3.45. The van der Waals surface area contributed by atoms with Crippen LogP contribution in [0.5, 0.6) is 0 Å². The predicted octanol–water partition coefficient (Wildman–Crippen LogP) is 1.56. The van der Waals surface area contributed by atoms with E-state index in [-0.39, 0.29) is 6.03 Å². The Balaban J connectivity index is 2.37. The Labute approximate surface area is 102 Å². The van der Waals surface area contributed by atoms with E-state index in [0.29, 0.717) is 24.4 Å². The van der Waals surface area contributed by atoms with Gasteiger partial charge in [0.25, 0.3) is 0 Å². The Morgan fingerprint density at radius 1 is 1.56 bits per heavy atom. The largest absolute Gasteiger partial charge is 0.383 e. The van der Waals surface area contributed by atoms with Crippen LogP contribution in [0.25, 0.3) is 0 Å². The molecule has 0 radical (unpaired) electrons. The molecule has 1 aliphatic carbocycles. The SMILES string of the molecule is COCCNC(=O)N(C)[C@@H]1CCC[C@@H]1SC. The third-order valence-corrected chi connectivity index (χ3v) is 4.28. The minimum Gasteiger partial charge on any atom is -0.383 e. The van der Waals surface area contributed by atoms with Crippen molar-refractivity contribution in [3.63, 3.8) is 0 Å². The lowest BCUT2D eigenvalue weighted by Gasteiger charge is -2.29. The minimum absolute atomic E-state index is 0.0167. The van der Waals surface area contributed by atoms with Crippen molar-refractivity contribution < 1.29 is 9.53 Å². The van der Waals surface area contributed by atoms with E-state index in [1.165, 1.54) is 12.8 Å². The van der Waals surface area contributed by atoms with Crippen LogP contribution < -0.4 is 5.32 Å². The average Bonchev–Trinajstić information content (AvgIpc) is 2.76. The van der Waals surface area contributed by atoms with Crippen molar-refractivity contribution in [2.45, 2.75) is 30.6 Å². The van der Waals surface area contributed by atoms with Crippen LogP contribution in [0.4, 0.5) is 4.79 Å². The molecule has 94 valence electrons. The maximum absolute atomic E-state index is 11.8. The van der Waals surface area contributed by atoms with E-state index in [2.05, 4.69) is 11.6 Å². The van der Waals surface area contributed by atoms with Gasteiger partial charge >= 0.3 is 6.03 Å². The number of nitrogens with one attached hydrogen (secondary N) is 1. The number of rotatable bonds is 5. The van der Waals surface area contributed by atoms with Crippen LogP contribution in [0.3, 0.4) is 0 Å². The fourth-order valence-corrected chi connectivity index (χ4v) is 3.19. The first kappa shape index (κ1) is 13.6. The predicted molar refractivity (Wildman–Crippen MR) is 68.0 cm³/mol. The standard InChI is InChI=1S/C11H22N2O2S/c1-13(11(14)12-7-8-15-2)9-5-4-6-10(9)16-3/h9-10H,4-8H2,1-3H3,(H,12,14)/t9-,10+/m1/s1. The van der Waals surface area contributed by atoms with Crippen molar-refractivity contribution in [2.24, 2.45) is 0 Å². The van der Waals surface area contributed by atoms with Crippen molar-refractivity contribution in [1.29, 1.82) is 0 Å². The number of hydrogen-bond donors (Lipinski definition) is 1. The summed E-state index contributed by atoms with van der Waals surface area (Å²) in [5.41, 5.74) is 0. The molecule has 2 amide bonds. The number of hydrogen-bond acceptors (Lipinski definition) is 3. The molecule has 1 N–H and O–H groups in total. The Hall–Kier alpha value is -0.420. The van der Waals surface area contributed by atoms with Gasteiger partial charge in [-0.25, -0.2) is 4.79 Å². The van der Waals surface area contributed by atoms with Gasteiger partial charge in [0.05, 0.1) is 6.61 Å². The molecule has 16 heavy (non-hydrogen) atoms. The second-order valence-electron chi connectivity index (χ2n) is 4.11. The second-order valence-corrected chi connectivity index (χ2v) is 5.18. The highest BCUT2D eigenvalue weighted by Crippen LogP contribution is 2.31. The Morgan fingerprint density at radius 2 is 2.31 bits per heavy atom. The number of carbonyl (C=O) groups is 1. The van der Waals surface area contributed by atoms with E-state index in [9.17, 15) is 4.79 Å². The fraction of sp³-hybridized carbons (Fsp3) is 0.909. The van der Waals surface area contributed by atoms with E-state index in [1.807, 2.05) is 23.7 Å². The van der Waals surface area contributed by atoms with Crippen LogP contribution in [-0.4, -0.2) is 55.8 Å². The van der Waals surface area contributed by atoms with Crippen LogP contribution in [0.15, 0.2) is 0 Å². The summed E-state index contributed by atoms with van der Waals surface area (Å²) < 4.78 is 4.90. The first-order valence-corrected chi connectivity index (χ1v) is 7.02. The summed E-state index contributed by atoms with van der Waals surface area (Å²) in [5.74, 6) is 0. The van der Waals surface area contributed by atoms with Gasteiger partial charge in [0.15, 0.2) is 0 Å². The summed E-state index contributed by atoms with van der Waals surface area (Å²) >= 11 is 1.87. The quantitative estimate of drug-likeness (QED) is 0.749. The highest BCUT2D eigenvalue weighted by Gasteiger charge is 2.31. The van der Waals surface area contributed by atoms with Crippen molar-refractivity contribution >= 4 is 17.8 Å². The van der Waals surface area contributed by atoms with Gasteiger partial charge in [-0.2, -0.15) is 11.8 Å². The van der Waals surface area contributed by atoms with Gasteiger partial charge in [-0.1, -0.05) is 6.42 Å². The molecule has 2 atom stereocenters. The zero-order chi connectivity index (χ0) is 12.0. The molecular formula is C11H22N2O2S. The zero-order valence-corrected chi connectivity index (χ0v) is 11.2. The summed E-state index contributed by atoms with van der Waals surface area (Å²) in [6.07, 6.45) is 5.70. The topological polar surface area (TPSA) is 41.6 Å². The molecule has 0 spiro atoms. The number of carbonyl (C=O) groups excluding carboxylic acids is 1. The molecule has 1 fully saturated rings. The molecule has 4 nitrogen and oxygen atoms in total. The van der Waals surface area contributed by atoms with Crippen molar-refractivity contribution in [2.75, 3.05) is 33.6 Å². The molecule has 0 bridgehead atoms. The lowest BCUT2D eigenvalue weighted by Crippen LogP contribution is -2.46. The zero-order valence-electron chi connectivity index (χ0n) is 10.4. The first-order valence-electron chi connectivity index (χ1n) is 5.73. The third-order valence-electron chi connectivity index (χ3n) is 3.12. The number of nitrogens with zero attached hydrogens (tertiary/aromatic N) is 1. The van der Waals surface area contributed by atoms with Crippen LogP contribution in [0.1, 0.15) is 19.3 Å². The Bertz CT molecular complexity index is 226. The summed E-state index contributed by atoms with van der Waals surface area (Å²) in [7, 11) is 3.53. The lowest BCUT2D eigenvalue weighted by molar-refractivity contribution is 0.176. The van der Waals surface area contributed by atoms with E-state index in [1.54, 1.807) is 7.11 Å². The maximum atomic E-state index is 11.8. The molecule has 0 aliphatic heterocycles. The maximum Gasteiger partial charge on any atom is 0.317 e. The monoisotopic (exact) mass is 246 g/mol. The summed E-state index contributed by atoms with van der Waals surface area (Å²) in [4.78, 5) is 13.7. The Morgan fingerprint density at radius 3 is 2.94 bits per heavy atom. The van der Waals surface area contributed by atoms with Gasteiger partial charge in [-0.3, -0.25) is 0 Å². The van der Waals surface area contributed by atoms with E-state index >= 15 is 0 Å². The molecule has 0 aromatic heterocycles. The lowest BCUT2D eigenvalue weighted by atomic mass is 10.2. The summed E-state index contributed by atoms with van der Waals surface area (Å²) in [6.45, 7) is 1.15. The number of methoxy groups -OCH3 is 1. The molecular weight excluding hydrogens is 224 g/mol. The fourth-order valence-electron chi connectivity index (χ4n) is 2.16. The molecule has 0 unspecified atom stereocenters. The molecule has 1 saturated carbocycles. The summed E-state index contributed by atoms with van der Waals surface area (Å²) in [6, 6.07) is 0.403. The molecule has 1 rings (SSSR count). The van der Waals surface area contributed by atoms with Gasteiger partial charge in [0.1, 0.15) is 0 Å². The minimum atomic E-state index is 0.0167. The van der Waals surface area contributed by atoms with Gasteiger partial charge in [-0.05, 0) is 19.1 Å². The number of urea groups is 1. The molecule has 0 heterocycles. The smallest absolute Gasteiger partial charge is 0.317 e. The van der Waals surface area contributed by atoms with Gasteiger partial charge < -0.3 is 15.0 Å². The van der Waals surface area contributed by atoms with Crippen LogP contribution in [-0.2, 0) is 4.74 Å². The van der Waals surface area contributed by atoms with Gasteiger partial charge in [-0.15, -0.1) is 0 Å². The third kappa shape index (κ3) is 3.56. The molecule has 1 aliphatic rings. The normalized spacial score (nSPS) is 24.4. The molecule has 0 aromatic rings. The first-order chi connectivity index (χ1) is 7.70. The number of ether oxygens (including phenoxy) is 1.